The maximum Gasteiger partial charge on any atom is 0.210 e. The zero-order valence-electron chi connectivity index (χ0n) is 15.0. The van der Waals surface area contributed by atoms with Crippen molar-refractivity contribution >= 4 is 5.69 Å². The van der Waals surface area contributed by atoms with E-state index in [1.165, 1.54) is 0 Å². The van der Waals surface area contributed by atoms with Gasteiger partial charge in [0, 0.05) is 36.4 Å². The second kappa shape index (κ2) is 7.53. The molecule has 4 aromatic rings. The van der Waals surface area contributed by atoms with Gasteiger partial charge in [0.2, 0.25) is 11.4 Å². The average Bonchev–Trinajstić information content (AvgIpc) is 2.79. The van der Waals surface area contributed by atoms with Gasteiger partial charge in [-0.2, -0.15) is 14.4 Å². The molecule has 28 heavy (non-hydrogen) atoms. The fraction of sp³-hybridized carbons (Fsp3) is 0. The number of pyridine rings is 2. The average molecular weight is 360 g/mol. The van der Waals surface area contributed by atoms with Gasteiger partial charge in [0.25, 0.3) is 0 Å². The largest absolute Gasteiger partial charge is 0.238 e. The minimum Gasteiger partial charge on any atom is -0.238 e. The first-order chi connectivity index (χ1) is 13.8. The number of nitriles is 1. The third kappa shape index (κ3) is 3.49. The van der Waals surface area contributed by atoms with E-state index in [-0.39, 0.29) is 0 Å². The van der Waals surface area contributed by atoms with Crippen LogP contribution in [0.15, 0.2) is 97.6 Å². The number of rotatable bonds is 3. The Hall–Kier alpha value is -4.28. The molecule has 0 aliphatic carbocycles. The van der Waals surface area contributed by atoms with Crippen LogP contribution in [-0.2, 0) is 0 Å². The van der Waals surface area contributed by atoms with E-state index in [4.69, 9.17) is 11.8 Å². The van der Waals surface area contributed by atoms with Crippen molar-refractivity contribution in [1.29, 1.82) is 5.26 Å². The van der Waals surface area contributed by atoms with Crippen LogP contribution in [0.4, 0.5) is 5.69 Å². The number of aromatic nitrogens is 2. The molecule has 0 bridgehead atoms. The zero-order chi connectivity index (χ0) is 19.3. The maximum absolute atomic E-state index is 8.91. The summed E-state index contributed by atoms with van der Waals surface area (Å²) in [7, 11) is 0. The van der Waals surface area contributed by atoms with E-state index in [0.717, 1.165) is 22.5 Å². The van der Waals surface area contributed by atoms with E-state index in [0.29, 0.717) is 11.3 Å². The van der Waals surface area contributed by atoms with Crippen molar-refractivity contribution in [2.75, 3.05) is 0 Å². The Morgan fingerprint density at radius 1 is 0.643 bits per heavy atom. The molecule has 4 rings (SSSR count). The first-order valence-electron chi connectivity index (χ1n) is 8.78. The fourth-order valence-electron chi connectivity index (χ4n) is 2.99. The highest BCUT2D eigenvalue weighted by molar-refractivity contribution is 5.61. The highest BCUT2D eigenvalue weighted by Gasteiger charge is 2.09. The number of hydrogen-bond acceptors (Lipinski definition) is 1. The third-order valence-corrected chi connectivity index (χ3v) is 4.56. The summed E-state index contributed by atoms with van der Waals surface area (Å²) in [5, 5.41) is 8.91. The first kappa shape index (κ1) is 17.1. The molecule has 0 fully saturated rings. The minimum absolute atomic E-state index is 0.640. The second-order valence-corrected chi connectivity index (χ2v) is 6.28. The lowest BCUT2D eigenvalue weighted by atomic mass is 10.1. The number of hydrogen-bond donors (Lipinski definition) is 0. The Morgan fingerprint density at radius 3 is 1.46 bits per heavy atom. The smallest absolute Gasteiger partial charge is 0.210 e. The second-order valence-electron chi connectivity index (χ2n) is 6.28. The van der Waals surface area contributed by atoms with E-state index in [2.05, 4.69) is 35.2 Å². The van der Waals surface area contributed by atoms with Crippen LogP contribution in [0, 0.1) is 17.9 Å². The van der Waals surface area contributed by atoms with Crippen LogP contribution in [0.25, 0.3) is 27.3 Å². The van der Waals surface area contributed by atoms with Crippen molar-refractivity contribution in [1.82, 2.24) is 0 Å². The van der Waals surface area contributed by atoms with Crippen LogP contribution in [0.2, 0.25) is 0 Å². The summed E-state index contributed by atoms with van der Waals surface area (Å²) < 4.78 is 4.05. The monoisotopic (exact) mass is 360 g/mol. The van der Waals surface area contributed by atoms with Gasteiger partial charge in [-0.05, 0) is 47.5 Å². The zero-order valence-corrected chi connectivity index (χ0v) is 15.0. The first-order valence-corrected chi connectivity index (χ1v) is 8.78. The lowest BCUT2D eigenvalue weighted by molar-refractivity contribution is -0.596. The van der Waals surface area contributed by atoms with Crippen molar-refractivity contribution < 1.29 is 9.13 Å². The van der Waals surface area contributed by atoms with E-state index < -0.39 is 0 Å². The summed E-state index contributed by atoms with van der Waals surface area (Å²) in [5.41, 5.74) is 5.58. The normalized spacial score (nSPS) is 10.1. The van der Waals surface area contributed by atoms with Gasteiger partial charge in [0.1, 0.15) is 0 Å². The Morgan fingerprint density at radius 2 is 1.07 bits per heavy atom. The van der Waals surface area contributed by atoms with Gasteiger partial charge in [-0.3, -0.25) is 0 Å². The molecule has 0 N–H and O–H groups in total. The van der Waals surface area contributed by atoms with Gasteiger partial charge < -0.3 is 0 Å². The summed E-state index contributed by atoms with van der Waals surface area (Å²) in [6.45, 7) is 7.03. The molecule has 0 aliphatic rings. The molecule has 0 radical (unpaired) electrons. The lowest BCUT2D eigenvalue weighted by Crippen LogP contribution is -2.29. The fourth-order valence-corrected chi connectivity index (χ4v) is 2.99. The summed E-state index contributed by atoms with van der Waals surface area (Å²) >= 11 is 0. The standard InChI is InChI=1S/C24H16N4/c1-26-22-4-8-24(9-5-22)28-16-12-21(13-17-28)20-10-14-27(15-11-20)23-6-2-19(18-25)3-7-23/h2-17H/q+2. The van der Waals surface area contributed by atoms with Crippen LogP contribution in [-0.4, -0.2) is 0 Å². The quantitative estimate of drug-likeness (QED) is 0.396. The molecule has 130 valence electrons. The highest BCUT2D eigenvalue weighted by Crippen LogP contribution is 2.17. The van der Waals surface area contributed by atoms with E-state index >= 15 is 0 Å². The molecular formula is C24H16N4+2. The molecule has 0 saturated heterocycles. The predicted octanol–water partition coefficient (Wildman–Crippen LogP) is 4.33. The Labute approximate surface area is 163 Å². The van der Waals surface area contributed by atoms with Crippen LogP contribution in [0.3, 0.4) is 0 Å². The molecule has 4 nitrogen and oxygen atoms in total. The topological polar surface area (TPSA) is 35.9 Å². The molecule has 0 aliphatic heterocycles. The summed E-state index contributed by atoms with van der Waals surface area (Å²) in [6, 6.07) is 25.4. The summed E-state index contributed by atoms with van der Waals surface area (Å²) in [5.74, 6) is 0. The molecule has 2 heterocycles. The Kier molecular flexibility index (Phi) is 4.61. The minimum atomic E-state index is 0.640. The van der Waals surface area contributed by atoms with Gasteiger partial charge in [0.05, 0.1) is 18.2 Å². The summed E-state index contributed by atoms with van der Waals surface area (Å²) in [6.07, 6.45) is 8.06. The molecule has 0 amide bonds. The van der Waals surface area contributed by atoms with Crippen molar-refractivity contribution in [3.8, 4) is 28.6 Å². The van der Waals surface area contributed by atoms with Crippen LogP contribution in [0.1, 0.15) is 5.56 Å². The van der Waals surface area contributed by atoms with Crippen LogP contribution in [0.5, 0.6) is 0 Å². The SMILES string of the molecule is [C-]#[N+]c1ccc(-[n+]2ccc(-c3cc[n+](-c4ccc(C#N)cc4)cc3)cc2)cc1. The Bertz CT molecular complexity index is 1080. The van der Waals surface area contributed by atoms with Gasteiger partial charge >= 0.3 is 0 Å². The number of nitrogens with zero attached hydrogens (tertiary/aromatic N) is 4. The lowest BCUT2D eigenvalue weighted by Gasteiger charge is -2.01. The van der Waals surface area contributed by atoms with Crippen molar-refractivity contribution in [3.05, 3.63) is 115 Å². The van der Waals surface area contributed by atoms with Gasteiger partial charge in [-0.15, -0.1) is 0 Å². The molecule has 2 aromatic heterocycles. The van der Waals surface area contributed by atoms with Crippen molar-refractivity contribution in [2.45, 2.75) is 0 Å². The molecule has 0 atom stereocenters. The van der Waals surface area contributed by atoms with Gasteiger partial charge in [-0.25, -0.2) is 4.85 Å². The van der Waals surface area contributed by atoms with Gasteiger partial charge in [0.15, 0.2) is 30.5 Å². The highest BCUT2D eigenvalue weighted by atomic mass is 14.9. The molecule has 4 heteroatoms. The van der Waals surface area contributed by atoms with Crippen LogP contribution < -0.4 is 9.13 Å². The maximum atomic E-state index is 8.91. The third-order valence-electron chi connectivity index (χ3n) is 4.56. The van der Waals surface area contributed by atoms with Crippen molar-refractivity contribution in [2.24, 2.45) is 0 Å². The molecule has 2 aromatic carbocycles. The Balaban J connectivity index is 1.55. The summed E-state index contributed by atoms with van der Waals surface area (Å²) in [4.78, 5) is 3.42. The predicted molar refractivity (Wildman–Crippen MR) is 106 cm³/mol. The molecule has 0 spiro atoms. The van der Waals surface area contributed by atoms with Crippen LogP contribution >= 0.6 is 0 Å². The van der Waals surface area contributed by atoms with E-state index in [1.54, 1.807) is 0 Å². The number of benzene rings is 2. The van der Waals surface area contributed by atoms with Crippen molar-refractivity contribution in [3.63, 3.8) is 0 Å². The van der Waals surface area contributed by atoms with E-state index in [9.17, 15) is 0 Å². The molecule has 0 saturated carbocycles. The van der Waals surface area contributed by atoms with Gasteiger partial charge in [-0.1, -0.05) is 0 Å². The molecular weight excluding hydrogens is 344 g/mol. The molecule has 0 unspecified atom stereocenters. The van der Waals surface area contributed by atoms with E-state index in [1.807, 2.05) is 82.5 Å².